The predicted molar refractivity (Wildman–Crippen MR) is 122 cm³/mol. The smallest absolute Gasteiger partial charge is 0.258 e. The van der Waals surface area contributed by atoms with Crippen LogP contribution in [0.25, 0.3) is 22.8 Å². The van der Waals surface area contributed by atoms with Crippen LogP contribution in [0, 0.1) is 16.9 Å². The zero-order valence-electron chi connectivity index (χ0n) is 18.8. The fourth-order valence-corrected chi connectivity index (χ4v) is 4.94. The summed E-state index contributed by atoms with van der Waals surface area (Å²) in [5, 5.41) is 17.5. The van der Waals surface area contributed by atoms with E-state index in [0.29, 0.717) is 34.6 Å². The lowest BCUT2D eigenvalue weighted by atomic mass is 10.0. The molecule has 2 aromatic carbocycles. The molecule has 0 radical (unpaired) electrons. The van der Waals surface area contributed by atoms with E-state index in [1.54, 1.807) is 12.1 Å². The number of benzene rings is 2. The Morgan fingerprint density at radius 3 is 2.91 bits per heavy atom. The summed E-state index contributed by atoms with van der Waals surface area (Å²) < 4.78 is 11.3. The Hall–Kier alpha value is -3.57. The number of aromatic nitrogens is 2. The molecule has 33 heavy (non-hydrogen) atoms. The van der Waals surface area contributed by atoms with Crippen LogP contribution in [0.2, 0.25) is 0 Å². The quantitative estimate of drug-likeness (QED) is 0.528. The molecule has 0 bridgehead atoms. The van der Waals surface area contributed by atoms with Crippen LogP contribution in [-0.2, 0) is 6.42 Å². The van der Waals surface area contributed by atoms with Gasteiger partial charge in [-0.3, -0.25) is 4.90 Å². The maximum absolute atomic E-state index is 9.52. The van der Waals surface area contributed by atoms with Crippen LogP contribution >= 0.6 is 0 Å². The maximum Gasteiger partial charge on any atom is 0.258 e. The summed E-state index contributed by atoms with van der Waals surface area (Å²) in [6, 6.07) is 14.3. The lowest BCUT2D eigenvalue weighted by Crippen LogP contribution is -2.25. The highest BCUT2D eigenvalue weighted by atomic mass is 16.5. The van der Waals surface area contributed by atoms with Crippen LogP contribution < -0.4 is 4.74 Å². The van der Waals surface area contributed by atoms with Gasteiger partial charge in [-0.05, 0) is 62.4 Å². The van der Waals surface area contributed by atoms with E-state index in [4.69, 9.17) is 14.8 Å². The average molecular weight is 443 g/mol. The zero-order chi connectivity index (χ0) is 22.9. The van der Waals surface area contributed by atoms with E-state index in [0.717, 1.165) is 37.9 Å². The van der Waals surface area contributed by atoms with Crippen molar-refractivity contribution in [2.45, 2.75) is 51.3 Å². The van der Waals surface area contributed by atoms with Gasteiger partial charge in [0.1, 0.15) is 11.8 Å². The highest BCUT2D eigenvalue weighted by molar-refractivity contribution is 5.67. The highest BCUT2D eigenvalue weighted by Crippen LogP contribution is 2.41. The number of ether oxygens (including phenoxy) is 1. The predicted octanol–water partition coefficient (Wildman–Crippen LogP) is 5.16. The molecule has 1 aromatic heterocycles. The lowest BCUT2D eigenvalue weighted by Gasteiger charge is -2.24. The van der Waals surface area contributed by atoms with Gasteiger partial charge in [-0.2, -0.15) is 15.4 Å². The van der Waals surface area contributed by atoms with Crippen molar-refractivity contribution >= 4 is 0 Å². The molecule has 1 saturated heterocycles. The molecule has 3 aromatic rings. The van der Waals surface area contributed by atoms with E-state index >= 15 is 0 Å². The van der Waals surface area contributed by atoms with Gasteiger partial charge >= 0.3 is 0 Å². The number of nitrogens with one attached hydrogen (secondary N) is 1. The highest BCUT2D eigenvalue weighted by Gasteiger charge is 2.34. The van der Waals surface area contributed by atoms with E-state index < -0.39 is 0 Å². The number of hydrogen-bond acceptors (Lipinski definition) is 8. The van der Waals surface area contributed by atoms with Crippen LogP contribution in [0.1, 0.15) is 49.4 Å². The van der Waals surface area contributed by atoms with Gasteiger partial charge in [-0.25, -0.2) is 5.53 Å². The number of fused-ring (bicyclic) bond motifs is 1. The summed E-state index contributed by atoms with van der Waals surface area (Å²) in [4.78, 5) is 7.11. The Kier molecular flexibility index (Phi) is 5.65. The summed E-state index contributed by atoms with van der Waals surface area (Å²) in [7, 11) is 0. The first-order valence-electron chi connectivity index (χ1n) is 11.3. The largest absolute Gasteiger partial charge is 0.490 e. The first kappa shape index (κ1) is 21.3. The van der Waals surface area contributed by atoms with E-state index in [9.17, 15) is 5.26 Å². The normalized spacial score (nSPS) is 20.1. The number of nitriles is 1. The third kappa shape index (κ3) is 4.00. The second-order valence-corrected chi connectivity index (χ2v) is 8.91. The second-order valence-electron chi connectivity index (χ2n) is 8.91. The third-order valence-corrected chi connectivity index (χ3v) is 6.43. The molecule has 1 N–H and O–H groups in total. The van der Waals surface area contributed by atoms with Crippen molar-refractivity contribution in [3.8, 4) is 34.7 Å². The topological polar surface area (TPSA) is 111 Å². The number of hydrogen-bond donors (Lipinski definition) is 1. The molecule has 0 saturated carbocycles. The summed E-state index contributed by atoms with van der Waals surface area (Å²) in [6.07, 6.45) is 2.94. The van der Waals surface area contributed by atoms with Gasteiger partial charge in [-0.15, -0.1) is 0 Å². The fraction of sp³-hybridized carbons (Fsp3) is 0.400. The molecule has 0 amide bonds. The van der Waals surface area contributed by atoms with Gasteiger partial charge in [0.25, 0.3) is 5.89 Å². The lowest BCUT2D eigenvalue weighted by molar-refractivity contribution is 0.241. The molecule has 2 aliphatic rings. The van der Waals surface area contributed by atoms with Gasteiger partial charge in [-0.1, -0.05) is 23.4 Å². The molecular weight excluding hydrogens is 416 g/mol. The molecule has 8 nitrogen and oxygen atoms in total. The van der Waals surface area contributed by atoms with Crippen molar-refractivity contribution in [2.75, 3.05) is 13.1 Å². The first-order valence-corrected chi connectivity index (χ1v) is 11.3. The SMILES string of the molecule is CC(C)Oc1ccc(-c2nc(-c3cccc4c3CCC4N3CC[C@@H](N=N)C3)no2)cc1C#N. The molecule has 2 heterocycles. The Morgan fingerprint density at radius 1 is 1.27 bits per heavy atom. The third-order valence-electron chi connectivity index (χ3n) is 6.43. The number of nitrogens with zero attached hydrogens (tertiary/aromatic N) is 5. The van der Waals surface area contributed by atoms with Gasteiger partial charge < -0.3 is 9.26 Å². The summed E-state index contributed by atoms with van der Waals surface area (Å²) in [5.41, 5.74) is 12.0. The summed E-state index contributed by atoms with van der Waals surface area (Å²) >= 11 is 0. The average Bonchev–Trinajstić information content (AvgIpc) is 3.57. The van der Waals surface area contributed by atoms with Crippen LogP contribution in [0.15, 0.2) is 46.0 Å². The summed E-state index contributed by atoms with van der Waals surface area (Å²) in [5.74, 6) is 1.48. The Bertz CT molecular complexity index is 1230. The molecule has 168 valence electrons. The molecule has 1 unspecified atom stereocenters. The van der Waals surface area contributed by atoms with E-state index in [1.807, 2.05) is 26.0 Å². The minimum absolute atomic E-state index is 0.0187. The Labute approximate surface area is 192 Å². The second kappa shape index (κ2) is 8.75. The number of likely N-dealkylation sites (tertiary alicyclic amines) is 1. The van der Waals surface area contributed by atoms with E-state index in [1.165, 1.54) is 11.1 Å². The Balaban J connectivity index is 1.43. The number of rotatable bonds is 6. The first-order chi connectivity index (χ1) is 16.1. The van der Waals surface area contributed by atoms with Crippen molar-refractivity contribution in [2.24, 2.45) is 5.11 Å². The van der Waals surface area contributed by atoms with Crippen LogP contribution in [0.3, 0.4) is 0 Å². The molecule has 1 fully saturated rings. The van der Waals surface area contributed by atoms with Gasteiger partial charge in [0.15, 0.2) is 0 Å². The van der Waals surface area contributed by atoms with Gasteiger partial charge in [0, 0.05) is 30.3 Å². The molecule has 1 aliphatic heterocycles. The zero-order valence-corrected chi connectivity index (χ0v) is 18.8. The molecule has 2 atom stereocenters. The van der Waals surface area contributed by atoms with Crippen LogP contribution in [0.5, 0.6) is 5.75 Å². The molecule has 1 aliphatic carbocycles. The molecule has 5 rings (SSSR count). The molecular formula is C25H26N6O2. The van der Waals surface area contributed by atoms with Crippen LogP contribution in [-0.4, -0.2) is 40.3 Å². The van der Waals surface area contributed by atoms with E-state index in [-0.39, 0.29) is 12.1 Å². The van der Waals surface area contributed by atoms with Crippen molar-refractivity contribution in [1.82, 2.24) is 15.0 Å². The van der Waals surface area contributed by atoms with Crippen LogP contribution in [0.4, 0.5) is 0 Å². The minimum Gasteiger partial charge on any atom is -0.490 e. The molecule has 0 spiro atoms. The monoisotopic (exact) mass is 442 g/mol. The minimum atomic E-state index is -0.0187. The van der Waals surface area contributed by atoms with Crippen molar-refractivity contribution in [1.29, 1.82) is 10.8 Å². The van der Waals surface area contributed by atoms with Gasteiger partial charge in [0.2, 0.25) is 5.82 Å². The standard InChI is InChI=1S/C25H26N6O2/c1-15(2)32-23-9-6-16(12-17(23)13-26)25-28-24(30-33-25)21-5-3-4-20-19(21)7-8-22(20)31-11-10-18(14-31)29-27/h3-6,9,12,15,18,22,27H,7-8,10-11,14H2,1-2H3/t18-,22?/m1/s1. The van der Waals surface area contributed by atoms with Gasteiger partial charge in [0.05, 0.1) is 17.7 Å². The Morgan fingerprint density at radius 2 is 2.15 bits per heavy atom. The summed E-state index contributed by atoms with van der Waals surface area (Å²) in [6.45, 7) is 5.68. The molecule has 8 heteroatoms. The van der Waals surface area contributed by atoms with Crippen molar-refractivity contribution in [3.63, 3.8) is 0 Å². The van der Waals surface area contributed by atoms with E-state index in [2.05, 4.69) is 38.4 Å². The van der Waals surface area contributed by atoms with Crippen molar-refractivity contribution in [3.05, 3.63) is 53.1 Å². The maximum atomic E-state index is 9.52. The van der Waals surface area contributed by atoms with Crippen molar-refractivity contribution < 1.29 is 9.26 Å². The fourth-order valence-electron chi connectivity index (χ4n) is 4.94.